The molecule has 0 spiro atoms. The zero-order valence-electron chi connectivity index (χ0n) is 15.9. The van der Waals surface area contributed by atoms with E-state index in [1.54, 1.807) is 16.8 Å². The number of rotatable bonds is 9. The first-order valence-corrected chi connectivity index (χ1v) is 8.94. The number of nitrogens with one attached hydrogen (secondary N) is 1. The molecule has 0 atom stereocenters. The molecule has 0 saturated heterocycles. The smallest absolute Gasteiger partial charge is 0.276 e. The van der Waals surface area contributed by atoms with Gasteiger partial charge in [0.25, 0.3) is 5.91 Å². The van der Waals surface area contributed by atoms with Crippen LogP contribution in [-0.4, -0.2) is 66.9 Å². The van der Waals surface area contributed by atoms with Crippen LogP contribution in [0, 0.1) is 0 Å². The van der Waals surface area contributed by atoms with Gasteiger partial charge in [-0.1, -0.05) is 18.6 Å². The molecule has 0 aliphatic rings. The lowest BCUT2D eigenvalue weighted by Crippen LogP contribution is -2.33. The molecular weight excluding hydrogens is 334 g/mol. The van der Waals surface area contributed by atoms with Gasteiger partial charge >= 0.3 is 0 Å². The highest BCUT2D eigenvalue weighted by molar-refractivity contribution is 5.91. The number of aromatic amines is 1. The summed E-state index contributed by atoms with van der Waals surface area (Å²) in [7, 11) is 1.70. The number of carbonyl (C=O) groups is 2. The number of likely N-dealkylation sites (N-methyl/N-ethyl adjacent to an activating group) is 1. The van der Waals surface area contributed by atoms with Crippen LogP contribution in [0.15, 0.2) is 12.3 Å². The molecule has 0 unspecified atom stereocenters. The van der Waals surface area contributed by atoms with Gasteiger partial charge in [-0.25, -0.2) is 4.68 Å². The Kier molecular flexibility index (Phi) is 6.88. The maximum atomic E-state index is 12.5. The molecule has 2 heterocycles. The van der Waals surface area contributed by atoms with E-state index in [0.29, 0.717) is 19.6 Å². The first-order valence-electron chi connectivity index (χ1n) is 8.94. The van der Waals surface area contributed by atoms with Crippen molar-refractivity contribution in [3.05, 3.63) is 29.3 Å². The van der Waals surface area contributed by atoms with Crippen molar-refractivity contribution in [2.45, 2.75) is 46.7 Å². The first kappa shape index (κ1) is 19.6. The number of nitrogens with zero attached hydrogens (tertiary/aromatic N) is 6. The van der Waals surface area contributed by atoms with Gasteiger partial charge in [0.1, 0.15) is 6.54 Å². The Labute approximate surface area is 153 Å². The third-order valence-electron chi connectivity index (χ3n) is 4.12. The van der Waals surface area contributed by atoms with E-state index in [-0.39, 0.29) is 24.1 Å². The van der Waals surface area contributed by atoms with E-state index >= 15 is 0 Å². The summed E-state index contributed by atoms with van der Waals surface area (Å²) < 4.78 is 1.40. The molecule has 26 heavy (non-hydrogen) atoms. The second kappa shape index (κ2) is 9.12. The zero-order valence-corrected chi connectivity index (χ0v) is 15.9. The van der Waals surface area contributed by atoms with Crippen LogP contribution in [0.25, 0.3) is 0 Å². The Hall–Kier alpha value is -2.71. The molecule has 2 amide bonds. The highest BCUT2D eigenvalue weighted by atomic mass is 16.2. The maximum Gasteiger partial charge on any atom is 0.276 e. The largest absolute Gasteiger partial charge is 0.342 e. The number of carbonyl (C=O) groups excluding carboxylic acids is 2. The minimum Gasteiger partial charge on any atom is -0.342 e. The van der Waals surface area contributed by atoms with Crippen LogP contribution in [0.5, 0.6) is 0 Å². The molecule has 1 N–H and O–H groups in total. The van der Waals surface area contributed by atoms with Gasteiger partial charge in [0, 0.05) is 20.1 Å². The zero-order chi connectivity index (χ0) is 19.1. The van der Waals surface area contributed by atoms with Crippen molar-refractivity contribution in [2.75, 3.05) is 20.1 Å². The van der Waals surface area contributed by atoms with Crippen LogP contribution in [0.4, 0.5) is 0 Å². The molecular formula is C17H27N7O2. The van der Waals surface area contributed by atoms with Gasteiger partial charge in [-0.05, 0) is 26.3 Å². The summed E-state index contributed by atoms with van der Waals surface area (Å²) in [4.78, 5) is 27.9. The minimum atomic E-state index is -0.252. The van der Waals surface area contributed by atoms with Crippen molar-refractivity contribution in [2.24, 2.45) is 0 Å². The molecule has 142 valence electrons. The van der Waals surface area contributed by atoms with Gasteiger partial charge < -0.3 is 9.80 Å². The lowest BCUT2D eigenvalue weighted by Gasteiger charge is -2.18. The molecule has 2 aromatic rings. The molecule has 2 rings (SSSR count). The SMILES string of the molecule is CCCc1cc(CN(C)C(=O)c2cn(CC(=O)N(CC)CC)nn2)[nH]n1. The Balaban J connectivity index is 1.96. The third kappa shape index (κ3) is 4.90. The number of aryl methyl sites for hydroxylation is 1. The topological polar surface area (TPSA) is 100 Å². The van der Waals surface area contributed by atoms with Crippen LogP contribution in [0.1, 0.15) is 49.1 Å². The van der Waals surface area contributed by atoms with Gasteiger partial charge in [-0.2, -0.15) is 5.10 Å². The van der Waals surface area contributed by atoms with Gasteiger partial charge in [0.15, 0.2) is 5.69 Å². The van der Waals surface area contributed by atoms with Crippen molar-refractivity contribution in [3.8, 4) is 0 Å². The van der Waals surface area contributed by atoms with Crippen molar-refractivity contribution >= 4 is 11.8 Å². The second-order valence-electron chi connectivity index (χ2n) is 6.16. The molecule has 0 saturated carbocycles. The number of H-pyrrole nitrogens is 1. The summed E-state index contributed by atoms with van der Waals surface area (Å²) in [6.45, 7) is 7.71. The molecule has 0 bridgehead atoms. The van der Waals surface area contributed by atoms with Crippen molar-refractivity contribution in [3.63, 3.8) is 0 Å². The minimum absolute atomic E-state index is 0.0480. The van der Waals surface area contributed by atoms with Crippen LogP contribution >= 0.6 is 0 Å². The first-order chi connectivity index (χ1) is 12.5. The second-order valence-corrected chi connectivity index (χ2v) is 6.16. The molecule has 0 radical (unpaired) electrons. The quantitative estimate of drug-likeness (QED) is 0.721. The predicted octanol–water partition coefficient (Wildman–Crippen LogP) is 1.09. The average molecular weight is 361 g/mol. The highest BCUT2D eigenvalue weighted by Crippen LogP contribution is 2.08. The molecule has 2 aromatic heterocycles. The monoisotopic (exact) mass is 361 g/mol. The van der Waals surface area contributed by atoms with E-state index in [2.05, 4.69) is 27.4 Å². The van der Waals surface area contributed by atoms with E-state index < -0.39 is 0 Å². The van der Waals surface area contributed by atoms with E-state index in [1.807, 2.05) is 19.9 Å². The fourth-order valence-electron chi connectivity index (χ4n) is 2.69. The van der Waals surface area contributed by atoms with Crippen LogP contribution in [0.3, 0.4) is 0 Å². The van der Waals surface area contributed by atoms with E-state index in [4.69, 9.17) is 0 Å². The Morgan fingerprint density at radius 1 is 1.23 bits per heavy atom. The molecule has 9 heteroatoms. The number of amides is 2. The standard InChI is InChI=1S/C17H27N7O2/c1-5-8-13-9-14(19-18-13)10-22(4)17(26)15-11-24(21-20-15)12-16(25)23(6-2)7-3/h9,11H,5-8,10,12H2,1-4H3,(H,18,19). The van der Waals surface area contributed by atoms with E-state index in [1.165, 1.54) is 10.9 Å². The molecule has 0 aliphatic heterocycles. The predicted molar refractivity (Wildman–Crippen MR) is 96.3 cm³/mol. The van der Waals surface area contributed by atoms with Crippen LogP contribution < -0.4 is 0 Å². The van der Waals surface area contributed by atoms with Crippen molar-refractivity contribution in [1.29, 1.82) is 0 Å². The summed E-state index contributed by atoms with van der Waals surface area (Å²) in [6.07, 6.45) is 3.44. The summed E-state index contributed by atoms with van der Waals surface area (Å²) in [5, 5.41) is 15.0. The lowest BCUT2D eigenvalue weighted by atomic mass is 10.2. The molecule has 9 nitrogen and oxygen atoms in total. The van der Waals surface area contributed by atoms with E-state index in [9.17, 15) is 9.59 Å². The third-order valence-corrected chi connectivity index (χ3v) is 4.12. The van der Waals surface area contributed by atoms with Gasteiger partial charge in [-0.15, -0.1) is 5.10 Å². The Bertz CT molecular complexity index is 733. The molecule has 0 aliphatic carbocycles. The molecule has 0 fully saturated rings. The summed E-state index contributed by atoms with van der Waals surface area (Å²) in [5.74, 6) is -0.300. The van der Waals surface area contributed by atoms with Crippen LogP contribution in [-0.2, 0) is 24.3 Å². The normalized spacial score (nSPS) is 10.8. The number of hydrogen-bond acceptors (Lipinski definition) is 5. The van der Waals surface area contributed by atoms with Gasteiger partial charge in [0.2, 0.25) is 5.91 Å². The van der Waals surface area contributed by atoms with Gasteiger partial charge in [-0.3, -0.25) is 14.7 Å². The fraction of sp³-hybridized carbons (Fsp3) is 0.588. The maximum absolute atomic E-state index is 12.5. The number of aromatic nitrogens is 5. The fourth-order valence-corrected chi connectivity index (χ4v) is 2.69. The van der Waals surface area contributed by atoms with Crippen molar-refractivity contribution < 1.29 is 9.59 Å². The lowest BCUT2D eigenvalue weighted by molar-refractivity contribution is -0.131. The summed E-state index contributed by atoms with van der Waals surface area (Å²) >= 11 is 0. The summed E-state index contributed by atoms with van der Waals surface area (Å²) in [5.41, 5.74) is 2.07. The van der Waals surface area contributed by atoms with E-state index in [0.717, 1.165) is 24.2 Å². The Morgan fingerprint density at radius 3 is 2.62 bits per heavy atom. The van der Waals surface area contributed by atoms with Gasteiger partial charge in [0.05, 0.1) is 24.1 Å². The van der Waals surface area contributed by atoms with Crippen LogP contribution in [0.2, 0.25) is 0 Å². The summed E-state index contributed by atoms with van der Waals surface area (Å²) in [6, 6.07) is 1.97. The van der Waals surface area contributed by atoms with Crippen molar-refractivity contribution in [1.82, 2.24) is 35.0 Å². The molecule has 0 aromatic carbocycles. The average Bonchev–Trinajstić information content (AvgIpc) is 3.25. The highest BCUT2D eigenvalue weighted by Gasteiger charge is 2.18. The Morgan fingerprint density at radius 2 is 1.96 bits per heavy atom. The number of hydrogen-bond donors (Lipinski definition) is 1.